The lowest BCUT2D eigenvalue weighted by Gasteiger charge is -2.06. The predicted molar refractivity (Wildman–Crippen MR) is 87.7 cm³/mol. The molecule has 0 atom stereocenters. The highest BCUT2D eigenvalue weighted by Gasteiger charge is 1.96. The van der Waals surface area contributed by atoms with E-state index >= 15 is 0 Å². The van der Waals surface area contributed by atoms with Crippen LogP contribution in [0.25, 0.3) is 0 Å². The van der Waals surface area contributed by atoms with Crippen molar-refractivity contribution in [2.45, 2.75) is 26.6 Å². The van der Waals surface area contributed by atoms with Gasteiger partial charge in [0.2, 0.25) is 0 Å². The first-order valence-corrected chi connectivity index (χ1v) is 7.03. The van der Waals surface area contributed by atoms with Crippen LogP contribution in [0.1, 0.15) is 22.3 Å². The van der Waals surface area contributed by atoms with Crippen molar-refractivity contribution in [3.8, 4) is 0 Å². The lowest BCUT2D eigenvalue weighted by molar-refractivity contribution is 0.693. The van der Waals surface area contributed by atoms with E-state index < -0.39 is 0 Å². The normalized spacial score (nSPS) is 10.3. The van der Waals surface area contributed by atoms with Gasteiger partial charge >= 0.3 is 0 Å². The molecule has 0 radical (unpaired) electrons. The third-order valence-corrected chi connectivity index (χ3v) is 3.25. The van der Waals surface area contributed by atoms with Gasteiger partial charge in [-0.3, -0.25) is 0 Å². The molecule has 4 nitrogen and oxygen atoms in total. The maximum absolute atomic E-state index is 5.32. The van der Waals surface area contributed by atoms with Gasteiger partial charge in [0.25, 0.3) is 0 Å². The molecule has 0 amide bonds. The second-order valence-electron chi connectivity index (χ2n) is 5.15. The highest BCUT2D eigenvalue weighted by atomic mass is 15.0. The molecule has 0 aliphatic heterocycles. The Bertz CT molecular complexity index is 581. The second-order valence-corrected chi connectivity index (χ2v) is 5.15. The van der Waals surface area contributed by atoms with Crippen molar-refractivity contribution < 1.29 is 0 Å². The number of nitrogens with zero attached hydrogens (tertiary/aromatic N) is 1. The van der Waals surface area contributed by atoms with Crippen LogP contribution in [0.5, 0.6) is 0 Å². The molecule has 4 heteroatoms. The van der Waals surface area contributed by atoms with Crippen molar-refractivity contribution in [3.05, 3.63) is 70.8 Å². The van der Waals surface area contributed by atoms with Crippen LogP contribution in [0.15, 0.2) is 53.5 Å². The van der Waals surface area contributed by atoms with Gasteiger partial charge in [-0.1, -0.05) is 54.1 Å². The summed E-state index contributed by atoms with van der Waals surface area (Å²) >= 11 is 0. The molecule has 0 heterocycles. The maximum atomic E-state index is 5.32. The van der Waals surface area contributed by atoms with Crippen molar-refractivity contribution >= 4 is 5.96 Å². The van der Waals surface area contributed by atoms with Crippen LogP contribution in [0.2, 0.25) is 0 Å². The molecule has 0 unspecified atom stereocenters. The highest BCUT2D eigenvalue weighted by Crippen LogP contribution is 2.07. The monoisotopic (exact) mass is 282 g/mol. The number of rotatable bonds is 6. The lowest BCUT2D eigenvalue weighted by atomic mass is 10.1. The molecule has 0 saturated carbocycles. The topological polar surface area (TPSA) is 76.4 Å². The first-order valence-electron chi connectivity index (χ1n) is 7.03. The summed E-state index contributed by atoms with van der Waals surface area (Å²) < 4.78 is 0. The molecule has 2 aromatic rings. The van der Waals surface area contributed by atoms with Crippen LogP contribution in [0.4, 0.5) is 0 Å². The van der Waals surface area contributed by atoms with Gasteiger partial charge in [-0.25, -0.2) is 4.99 Å². The third-order valence-electron chi connectivity index (χ3n) is 3.25. The van der Waals surface area contributed by atoms with Crippen molar-refractivity contribution in [3.63, 3.8) is 0 Å². The number of aliphatic imine (C=N–C) groups is 1. The van der Waals surface area contributed by atoms with Crippen LogP contribution < -0.4 is 16.8 Å². The number of benzene rings is 2. The zero-order valence-electron chi connectivity index (χ0n) is 12.3. The van der Waals surface area contributed by atoms with E-state index in [0.717, 1.165) is 18.7 Å². The zero-order chi connectivity index (χ0) is 15.1. The van der Waals surface area contributed by atoms with Crippen LogP contribution in [-0.2, 0) is 19.6 Å². The van der Waals surface area contributed by atoms with E-state index in [0.29, 0.717) is 6.54 Å². The molecule has 0 spiro atoms. The van der Waals surface area contributed by atoms with Gasteiger partial charge in [-0.05, 0) is 23.6 Å². The predicted octanol–water partition coefficient (Wildman–Crippen LogP) is 2.06. The number of guanidine groups is 1. The summed E-state index contributed by atoms with van der Waals surface area (Å²) in [5.74, 6) is 0.124. The van der Waals surface area contributed by atoms with Gasteiger partial charge < -0.3 is 16.8 Å². The Kier molecular flexibility index (Phi) is 5.35. The van der Waals surface area contributed by atoms with E-state index in [1.54, 1.807) is 0 Å². The average Bonchev–Trinajstić information content (AvgIpc) is 2.48. The van der Waals surface area contributed by atoms with Gasteiger partial charge in [0, 0.05) is 13.1 Å². The quantitative estimate of drug-likeness (QED) is 0.560. The summed E-state index contributed by atoms with van der Waals surface area (Å²) in [4.78, 5) is 3.99. The molecule has 0 aliphatic rings. The Balaban J connectivity index is 1.80. The van der Waals surface area contributed by atoms with Crippen LogP contribution in [0, 0.1) is 6.92 Å². The lowest BCUT2D eigenvalue weighted by Crippen LogP contribution is -2.22. The molecule has 21 heavy (non-hydrogen) atoms. The minimum atomic E-state index is 0.124. The number of hydrogen-bond donors (Lipinski definition) is 3. The Morgan fingerprint density at radius 1 is 0.857 bits per heavy atom. The molecule has 2 aromatic carbocycles. The van der Waals surface area contributed by atoms with Crippen molar-refractivity contribution in [2.75, 3.05) is 0 Å². The van der Waals surface area contributed by atoms with Gasteiger partial charge in [-0.15, -0.1) is 0 Å². The second kappa shape index (κ2) is 7.45. The maximum Gasteiger partial charge on any atom is 0.186 e. The minimum absolute atomic E-state index is 0.124. The fraction of sp³-hybridized carbons (Fsp3) is 0.235. The van der Waals surface area contributed by atoms with Crippen molar-refractivity contribution in [1.29, 1.82) is 0 Å². The van der Waals surface area contributed by atoms with Gasteiger partial charge in [0.15, 0.2) is 5.96 Å². The van der Waals surface area contributed by atoms with E-state index in [2.05, 4.69) is 65.8 Å². The highest BCUT2D eigenvalue weighted by molar-refractivity contribution is 5.75. The van der Waals surface area contributed by atoms with Crippen LogP contribution in [0.3, 0.4) is 0 Å². The summed E-state index contributed by atoms with van der Waals surface area (Å²) in [7, 11) is 0. The summed E-state index contributed by atoms with van der Waals surface area (Å²) in [5, 5.41) is 3.44. The summed E-state index contributed by atoms with van der Waals surface area (Å²) in [6.07, 6.45) is 0. The minimum Gasteiger partial charge on any atom is -0.370 e. The molecular weight excluding hydrogens is 260 g/mol. The van der Waals surface area contributed by atoms with Crippen molar-refractivity contribution in [1.82, 2.24) is 5.32 Å². The molecular formula is C17H22N4. The molecule has 0 fully saturated rings. The Morgan fingerprint density at radius 3 is 1.86 bits per heavy atom. The van der Waals surface area contributed by atoms with E-state index in [9.17, 15) is 0 Å². The summed E-state index contributed by atoms with van der Waals surface area (Å²) in [5.41, 5.74) is 15.6. The zero-order valence-corrected chi connectivity index (χ0v) is 12.3. The molecule has 0 aliphatic carbocycles. The molecule has 2 rings (SSSR count). The third kappa shape index (κ3) is 5.28. The number of aryl methyl sites for hydroxylation is 1. The first-order chi connectivity index (χ1) is 10.1. The average molecular weight is 282 g/mol. The number of nitrogens with two attached hydrogens (primary N) is 2. The summed E-state index contributed by atoms with van der Waals surface area (Å²) in [6, 6.07) is 16.9. The van der Waals surface area contributed by atoms with Crippen molar-refractivity contribution in [2.24, 2.45) is 16.5 Å². The Labute approximate surface area is 125 Å². The van der Waals surface area contributed by atoms with E-state index in [-0.39, 0.29) is 5.96 Å². The molecule has 110 valence electrons. The molecule has 0 saturated heterocycles. The SMILES string of the molecule is Cc1ccc(CNCc2ccc(CN=C(N)N)cc2)cc1. The Hall–Kier alpha value is -2.33. The van der Waals surface area contributed by atoms with Gasteiger partial charge in [-0.2, -0.15) is 0 Å². The largest absolute Gasteiger partial charge is 0.370 e. The number of hydrogen-bond acceptors (Lipinski definition) is 2. The van der Waals surface area contributed by atoms with E-state index in [4.69, 9.17) is 11.5 Å². The summed E-state index contributed by atoms with van der Waals surface area (Å²) in [6.45, 7) is 4.34. The van der Waals surface area contributed by atoms with Crippen LogP contribution in [-0.4, -0.2) is 5.96 Å². The fourth-order valence-corrected chi connectivity index (χ4v) is 2.00. The standard InChI is InChI=1S/C17H22N4/c1-13-2-4-14(5-3-13)10-20-11-15-6-8-16(9-7-15)12-21-17(18)19/h2-9,20H,10-12H2,1H3,(H4,18,19,21). The Morgan fingerprint density at radius 2 is 1.33 bits per heavy atom. The number of nitrogens with one attached hydrogen (secondary N) is 1. The molecule has 0 bridgehead atoms. The van der Waals surface area contributed by atoms with Gasteiger partial charge in [0.1, 0.15) is 0 Å². The smallest absolute Gasteiger partial charge is 0.186 e. The van der Waals surface area contributed by atoms with Gasteiger partial charge in [0.05, 0.1) is 6.54 Å². The van der Waals surface area contributed by atoms with E-state index in [1.807, 2.05) is 0 Å². The fourth-order valence-electron chi connectivity index (χ4n) is 2.00. The van der Waals surface area contributed by atoms with E-state index in [1.165, 1.54) is 16.7 Å². The molecule has 0 aromatic heterocycles. The van der Waals surface area contributed by atoms with Crippen LogP contribution >= 0.6 is 0 Å². The first kappa shape index (κ1) is 15.1. The molecule has 5 N–H and O–H groups in total.